The molecule has 0 spiro atoms. The monoisotopic (exact) mass is 525 g/mol. The molecule has 154 valence electrons. The van der Waals surface area contributed by atoms with E-state index in [1.807, 2.05) is 0 Å². The van der Waals surface area contributed by atoms with Crippen molar-refractivity contribution in [1.82, 2.24) is 10.2 Å². The number of hydrogen-bond acceptors (Lipinski definition) is 4. The number of thiophene rings is 1. The Hall–Kier alpha value is -0.350. The van der Waals surface area contributed by atoms with E-state index in [2.05, 4.69) is 41.6 Å². The minimum Gasteiger partial charge on any atom is -0.356 e. The van der Waals surface area contributed by atoms with Gasteiger partial charge in [0.2, 0.25) is 0 Å². The van der Waals surface area contributed by atoms with Gasteiger partial charge in [0.1, 0.15) is 0 Å². The molecule has 27 heavy (non-hydrogen) atoms. The molecule has 0 radical (unpaired) electrons. The maximum Gasteiger partial charge on any atom is 0.194 e. The van der Waals surface area contributed by atoms with E-state index >= 15 is 0 Å². The van der Waals surface area contributed by atoms with Crippen molar-refractivity contribution in [2.75, 3.05) is 31.1 Å². The van der Waals surface area contributed by atoms with E-state index in [9.17, 15) is 8.42 Å². The van der Waals surface area contributed by atoms with Crippen LogP contribution in [0.15, 0.2) is 22.5 Å². The highest BCUT2D eigenvalue weighted by Gasteiger charge is 2.29. The Labute approximate surface area is 185 Å². The van der Waals surface area contributed by atoms with Crippen molar-refractivity contribution in [1.29, 1.82) is 0 Å². The summed E-state index contributed by atoms with van der Waals surface area (Å²) in [6.07, 6.45) is 3.25. The largest absolute Gasteiger partial charge is 0.356 e. The number of halogens is 1. The number of nitrogens with zero attached hydrogens (tertiary/aromatic N) is 2. The number of sulfone groups is 1. The molecule has 3 heterocycles. The highest BCUT2D eigenvalue weighted by Crippen LogP contribution is 2.24. The van der Waals surface area contributed by atoms with Crippen LogP contribution in [0.25, 0.3) is 0 Å². The van der Waals surface area contributed by atoms with Crippen LogP contribution in [0.4, 0.5) is 0 Å². The Bertz CT molecular complexity index is 705. The van der Waals surface area contributed by atoms with Crippen LogP contribution in [-0.4, -0.2) is 50.4 Å². The Morgan fingerprint density at radius 1 is 1.41 bits per heavy atom. The standard InChI is InChI=1S/C19H31N3O2S2.HI/c1-15(2)17-5-3-8-22(13-17)19(21-12-18-6-4-9-25-18)20-11-16-7-10-26(23,24)14-16;/h4,6,9,15-17H,3,5,7-8,10-14H2,1-2H3,(H,20,21);1H. The van der Waals surface area contributed by atoms with Gasteiger partial charge in [-0.2, -0.15) is 0 Å². The molecule has 2 aliphatic heterocycles. The average Bonchev–Trinajstić information content (AvgIpc) is 3.24. The average molecular weight is 526 g/mol. The highest BCUT2D eigenvalue weighted by atomic mass is 127. The fourth-order valence-electron chi connectivity index (χ4n) is 3.84. The summed E-state index contributed by atoms with van der Waals surface area (Å²) in [5.41, 5.74) is 0. The van der Waals surface area contributed by atoms with Crippen LogP contribution in [0.1, 0.15) is 38.0 Å². The molecule has 0 amide bonds. The third-order valence-corrected chi connectivity index (χ3v) is 8.24. The van der Waals surface area contributed by atoms with E-state index in [1.165, 1.54) is 17.7 Å². The second-order valence-electron chi connectivity index (χ2n) is 7.96. The lowest BCUT2D eigenvalue weighted by atomic mass is 9.88. The molecule has 2 saturated heterocycles. The number of piperidine rings is 1. The van der Waals surface area contributed by atoms with Crippen molar-refractivity contribution in [3.05, 3.63) is 22.4 Å². The fourth-order valence-corrected chi connectivity index (χ4v) is 6.33. The number of rotatable bonds is 5. The van der Waals surface area contributed by atoms with Gasteiger partial charge in [-0.05, 0) is 48.5 Å². The Balaban J connectivity index is 0.00000261. The third kappa shape index (κ3) is 6.88. The van der Waals surface area contributed by atoms with Crippen LogP contribution in [0, 0.1) is 17.8 Å². The van der Waals surface area contributed by atoms with E-state index in [1.54, 1.807) is 11.3 Å². The first-order valence-corrected chi connectivity index (χ1v) is 12.4. The summed E-state index contributed by atoms with van der Waals surface area (Å²) in [5, 5.41) is 5.59. The van der Waals surface area contributed by atoms with Crippen LogP contribution in [0.2, 0.25) is 0 Å². The van der Waals surface area contributed by atoms with Gasteiger partial charge in [0, 0.05) is 24.5 Å². The van der Waals surface area contributed by atoms with Gasteiger partial charge in [0.15, 0.2) is 15.8 Å². The van der Waals surface area contributed by atoms with Gasteiger partial charge < -0.3 is 10.2 Å². The van der Waals surface area contributed by atoms with Crippen LogP contribution < -0.4 is 5.32 Å². The van der Waals surface area contributed by atoms with Crippen LogP contribution in [0.3, 0.4) is 0 Å². The van der Waals surface area contributed by atoms with Gasteiger partial charge in [-0.1, -0.05) is 19.9 Å². The van der Waals surface area contributed by atoms with Crippen molar-refractivity contribution in [2.45, 2.75) is 39.7 Å². The molecule has 8 heteroatoms. The van der Waals surface area contributed by atoms with E-state index in [-0.39, 0.29) is 29.9 Å². The summed E-state index contributed by atoms with van der Waals surface area (Å²) in [5.74, 6) is 3.18. The minimum absolute atomic E-state index is 0. The Morgan fingerprint density at radius 2 is 2.22 bits per heavy atom. The van der Waals surface area contributed by atoms with Gasteiger partial charge in [0.05, 0.1) is 18.1 Å². The normalized spacial score (nSPS) is 25.4. The summed E-state index contributed by atoms with van der Waals surface area (Å²) in [4.78, 5) is 8.51. The van der Waals surface area contributed by atoms with E-state index in [0.717, 1.165) is 25.5 Å². The van der Waals surface area contributed by atoms with E-state index in [4.69, 9.17) is 4.99 Å². The molecule has 0 saturated carbocycles. The van der Waals surface area contributed by atoms with Crippen molar-refractivity contribution in [2.24, 2.45) is 22.7 Å². The maximum absolute atomic E-state index is 11.7. The quantitative estimate of drug-likeness (QED) is 0.363. The zero-order valence-electron chi connectivity index (χ0n) is 16.3. The number of aliphatic imine (C=N–C) groups is 1. The molecular formula is C19H32IN3O2S2. The zero-order valence-corrected chi connectivity index (χ0v) is 20.2. The second kappa shape index (κ2) is 10.4. The van der Waals surface area contributed by atoms with Crippen molar-refractivity contribution >= 4 is 51.1 Å². The van der Waals surface area contributed by atoms with Crippen molar-refractivity contribution < 1.29 is 8.42 Å². The smallest absolute Gasteiger partial charge is 0.194 e. The fraction of sp³-hybridized carbons (Fsp3) is 0.737. The van der Waals surface area contributed by atoms with Gasteiger partial charge in [0.25, 0.3) is 0 Å². The number of nitrogens with one attached hydrogen (secondary N) is 1. The molecule has 2 fully saturated rings. The first kappa shape index (κ1) is 22.9. The van der Waals surface area contributed by atoms with E-state index < -0.39 is 9.84 Å². The van der Waals surface area contributed by atoms with Gasteiger partial charge in [-0.25, -0.2) is 13.4 Å². The lowest BCUT2D eigenvalue weighted by Crippen LogP contribution is -2.48. The van der Waals surface area contributed by atoms with Gasteiger partial charge >= 0.3 is 0 Å². The van der Waals surface area contributed by atoms with Crippen molar-refractivity contribution in [3.63, 3.8) is 0 Å². The summed E-state index contributed by atoms with van der Waals surface area (Å²) >= 11 is 1.73. The summed E-state index contributed by atoms with van der Waals surface area (Å²) in [6.45, 7) is 8.05. The first-order valence-electron chi connectivity index (χ1n) is 9.69. The third-order valence-electron chi connectivity index (χ3n) is 5.54. The molecule has 0 aromatic carbocycles. The number of guanidine groups is 1. The summed E-state index contributed by atoms with van der Waals surface area (Å²) in [7, 11) is -2.83. The summed E-state index contributed by atoms with van der Waals surface area (Å²) in [6, 6.07) is 4.17. The maximum atomic E-state index is 11.7. The molecule has 1 aromatic rings. The summed E-state index contributed by atoms with van der Waals surface area (Å²) < 4.78 is 23.4. The topological polar surface area (TPSA) is 61.8 Å². The second-order valence-corrected chi connectivity index (χ2v) is 11.2. The molecule has 1 aromatic heterocycles. The zero-order chi connectivity index (χ0) is 18.6. The van der Waals surface area contributed by atoms with Crippen LogP contribution in [-0.2, 0) is 16.4 Å². The molecule has 2 aliphatic rings. The lowest BCUT2D eigenvalue weighted by Gasteiger charge is -2.37. The SMILES string of the molecule is CC(C)C1CCCN(C(=NCc2cccs2)NCC2CCS(=O)(=O)C2)C1.I. The van der Waals surface area contributed by atoms with Gasteiger partial charge in [-0.15, -0.1) is 35.3 Å². The molecule has 2 atom stereocenters. The Kier molecular flexibility index (Phi) is 8.86. The molecule has 3 rings (SSSR count). The Morgan fingerprint density at radius 3 is 2.85 bits per heavy atom. The minimum atomic E-state index is -2.83. The molecule has 2 unspecified atom stereocenters. The lowest BCUT2D eigenvalue weighted by molar-refractivity contribution is 0.206. The predicted octanol–water partition coefficient (Wildman–Crippen LogP) is 3.61. The number of hydrogen-bond donors (Lipinski definition) is 1. The molecule has 5 nitrogen and oxygen atoms in total. The molecule has 0 aliphatic carbocycles. The first-order chi connectivity index (χ1) is 12.4. The van der Waals surface area contributed by atoms with E-state index in [0.29, 0.717) is 36.4 Å². The van der Waals surface area contributed by atoms with Crippen molar-refractivity contribution in [3.8, 4) is 0 Å². The van der Waals surface area contributed by atoms with Gasteiger partial charge in [-0.3, -0.25) is 0 Å². The number of likely N-dealkylation sites (tertiary alicyclic amines) is 1. The van der Waals surface area contributed by atoms with Crippen LogP contribution >= 0.6 is 35.3 Å². The molecule has 0 bridgehead atoms. The molecule has 1 N–H and O–H groups in total. The molecular weight excluding hydrogens is 493 g/mol. The highest BCUT2D eigenvalue weighted by molar-refractivity contribution is 14.0. The predicted molar refractivity (Wildman–Crippen MR) is 125 cm³/mol. The van der Waals surface area contributed by atoms with Crippen LogP contribution in [0.5, 0.6) is 0 Å².